The van der Waals surface area contributed by atoms with Gasteiger partial charge in [0.15, 0.2) is 0 Å². The number of carbonyl (C=O) groups excluding carboxylic acids is 4. The predicted molar refractivity (Wildman–Crippen MR) is 130 cm³/mol. The van der Waals surface area contributed by atoms with E-state index < -0.39 is 84.1 Å². The van der Waals surface area contributed by atoms with Crippen molar-refractivity contribution in [2.75, 3.05) is 26.7 Å². The summed E-state index contributed by atoms with van der Waals surface area (Å²) < 4.78 is 77.7. The van der Waals surface area contributed by atoms with Crippen LogP contribution in [0.2, 0.25) is 0 Å². The van der Waals surface area contributed by atoms with E-state index in [1.54, 1.807) is 0 Å². The van der Waals surface area contributed by atoms with Crippen LogP contribution in [0, 0.1) is 34.5 Å². The average Bonchev–Trinajstić information content (AvgIpc) is 3.09. The van der Waals surface area contributed by atoms with E-state index in [1.807, 2.05) is 33.8 Å². The third-order valence-corrected chi connectivity index (χ3v) is 8.15. The molecule has 3 aliphatic rings. The zero-order valence-electron chi connectivity index (χ0n) is 23.2. The maximum Gasteiger partial charge on any atom is 0.471 e. The maximum atomic E-state index is 13.5. The Morgan fingerprint density at radius 1 is 1.15 bits per heavy atom. The fourth-order valence-corrected chi connectivity index (χ4v) is 6.19. The van der Waals surface area contributed by atoms with Gasteiger partial charge in [-0.2, -0.15) is 31.6 Å². The number of carbonyl (C=O) groups is 4. The molecule has 3 N–H and O–H groups in total. The van der Waals surface area contributed by atoms with Gasteiger partial charge in [-0.25, -0.2) is 0 Å². The van der Waals surface area contributed by atoms with Gasteiger partial charge in [0.2, 0.25) is 17.7 Å². The van der Waals surface area contributed by atoms with Gasteiger partial charge in [0, 0.05) is 24.5 Å². The minimum absolute atomic E-state index is 0.0117. The van der Waals surface area contributed by atoms with Gasteiger partial charge >= 0.3 is 18.3 Å². The molecule has 2 heterocycles. The highest BCUT2D eigenvalue weighted by Gasteiger charge is 2.69. The van der Waals surface area contributed by atoms with Crippen LogP contribution >= 0.6 is 0 Å². The Hall–Kier alpha value is -3.09. The number of piperidine rings is 1. The molecule has 0 aromatic carbocycles. The number of hydrogen-bond donors (Lipinski definition) is 3. The highest BCUT2D eigenvalue weighted by Crippen LogP contribution is 2.65. The van der Waals surface area contributed by atoms with Crippen molar-refractivity contribution in [1.29, 1.82) is 5.26 Å². The van der Waals surface area contributed by atoms with Crippen molar-refractivity contribution in [2.24, 2.45) is 23.2 Å². The van der Waals surface area contributed by atoms with Crippen LogP contribution in [0.15, 0.2) is 0 Å². The third-order valence-electron chi connectivity index (χ3n) is 8.15. The molecule has 0 radical (unpaired) electrons. The molecule has 1 aliphatic carbocycles. The molecule has 3 rings (SSSR count). The molecule has 6 atom stereocenters. The number of halogens is 6. The smallest absolute Gasteiger partial charge is 0.351 e. The van der Waals surface area contributed by atoms with Gasteiger partial charge in [-0.05, 0) is 51.0 Å². The van der Waals surface area contributed by atoms with E-state index in [0.29, 0.717) is 11.3 Å². The lowest BCUT2D eigenvalue weighted by molar-refractivity contribution is -0.175. The summed E-state index contributed by atoms with van der Waals surface area (Å²) >= 11 is 0. The molecule has 2 aliphatic heterocycles. The first-order valence-corrected chi connectivity index (χ1v) is 13.0. The first-order valence-electron chi connectivity index (χ1n) is 13.0. The molecule has 0 bridgehead atoms. The van der Waals surface area contributed by atoms with Crippen LogP contribution in [0.3, 0.4) is 0 Å². The molecule has 1 saturated carbocycles. The SMILES string of the molecule is CN(CC(NC(=O)C(F)(F)F)C(=O)N1CC2C(C1C(=O)NC(C#N)CC1CC(C)(C)NC1=O)C2(C)C)CC(F)(F)F. The summed E-state index contributed by atoms with van der Waals surface area (Å²) in [6.07, 6.45) is -9.73. The van der Waals surface area contributed by atoms with Crippen LogP contribution in [-0.4, -0.2) is 96.1 Å². The summed E-state index contributed by atoms with van der Waals surface area (Å²) in [6, 6.07) is -2.48. The topological polar surface area (TPSA) is 135 Å². The summed E-state index contributed by atoms with van der Waals surface area (Å²) in [5.41, 5.74) is -0.936. The van der Waals surface area contributed by atoms with E-state index >= 15 is 0 Å². The van der Waals surface area contributed by atoms with Crippen molar-refractivity contribution in [3.63, 3.8) is 0 Å². The number of amides is 4. The summed E-state index contributed by atoms with van der Waals surface area (Å²) in [4.78, 5) is 52.5. The van der Waals surface area contributed by atoms with Gasteiger partial charge in [-0.1, -0.05) is 13.8 Å². The number of alkyl halides is 6. The lowest BCUT2D eigenvalue weighted by atomic mass is 9.91. The minimum atomic E-state index is -5.41. The second-order valence-electron chi connectivity index (χ2n) is 12.4. The van der Waals surface area contributed by atoms with Gasteiger partial charge in [-0.3, -0.25) is 24.1 Å². The second kappa shape index (κ2) is 11.0. The van der Waals surface area contributed by atoms with Crippen LogP contribution in [0.25, 0.3) is 0 Å². The number of nitrogens with one attached hydrogen (secondary N) is 3. The standard InChI is InChI=1S/C25H34F6N6O4/c1-22(2)7-12(18(38)35-22)6-13(8-32)33-19(39)17-16-14(23(16,3)4)9-37(17)20(40)15(34-21(41)25(29,30)31)10-36(5)11-24(26,27)28/h12-17H,6-7,9-11H2,1-5H3,(H,33,39)(H,34,41)(H,35,38). The fraction of sp³-hybridized carbons (Fsp3) is 0.800. The lowest BCUT2D eigenvalue weighted by Crippen LogP contribution is -2.60. The summed E-state index contributed by atoms with van der Waals surface area (Å²) in [5.74, 6) is -5.95. The van der Waals surface area contributed by atoms with Gasteiger partial charge < -0.3 is 20.9 Å². The van der Waals surface area contributed by atoms with Gasteiger partial charge in [0.05, 0.1) is 12.6 Å². The molecular weight excluding hydrogens is 562 g/mol. The lowest BCUT2D eigenvalue weighted by Gasteiger charge is -2.34. The van der Waals surface area contributed by atoms with Crippen molar-refractivity contribution >= 4 is 23.6 Å². The number of fused-ring (bicyclic) bond motifs is 1. The van der Waals surface area contributed by atoms with Crippen LogP contribution in [0.1, 0.15) is 40.5 Å². The zero-order chi connectivity index (χ0) is 31.3. The molecule has 230 valence electrons. The number of likely N-dealkylation sites (tertiary alicyclic amines) is 1. The molecule has 3 fully saturated rings. The van der Waals surface area contributed by atoms with Crippen molar-refractivity contribution < 1.29 is 45.5 Å². The molecule has 0 aromatic heterocycles. The summed E-state index contributed by atoms with van der Waals surface area (Å²) in [5, 5.41) is 16.5. The molecule has 6 unspecified atom stereocenters. The molecule has 41 heavy (non-hydrogen) atoms. The highest BCUT2D eigenvalue weighted by atomic mass is 19.4. The van der Waals surface area contributed by atoms with E-state index in [9.17, 15) is 50.8 Å². The van der Waals surface area contributed by atoms with Crippen molar-refractivity contribution in [1.82, 2.24) is 25.8 Å². The molecule has 0 spiro atoms. The Bertz CT molecular complexity index is 1120. The third kappa shape index (κ3) is 7.41. The minimum Gasteiger partial charge on any atom is -0.351 e. The maximum absolute atomic E-state index is 13.5. The summed E-state index contributed by atoms with van der Waals surface area (Å²) in [6.45, 7) is 4.73. The molecule has 16 heteroatoms. The van der Waals surface area contributed by atoms with E-state index in [1.165, 1.54) is 5.32 Å². The Morgan fingerprint density at radius 3 is 2.24 bits per heavy atom. The Kier molecular flexibility index (Phi) is 8.66. The average molecular weight is 597 g/mol. The largest absolute Gasteiger partial charge is 0.471 e. The monoisotopic (exact) mass is 596 g/mol. The van der Waals surface area contributed by atoms with E-state index in [0.717, 1.165) is 11.9 Å². The Labute approximate surface area is 233 Å². The van der Waals surface area contributed by atoms with Gasteiger partial charge in [-0.15, -0.1) is 0 Å². The number of rotatable bonds is 9. The molecule has 2 saturated heterocycles. The highest BCUT2D eigenvalue weighted by molar-refractivity contribution is 5.94. The number of hydrogen-bond acceptors (Lipinski definition) is 6. The van der Waals surface area contributed by atoms with Gasteiger partial charge in [0.25, 0.3) is 0 Å². The van der Waals surface area contributed by atoms with Crippen LogP contribution in [0.5, 0.6) is 0 Å². The van der Waals surface area contributed by atoms with E-state index in [4.69, 9.17) is 0 Å². The normalized spacial score (nSPS) is 27.9. The van der Waals surface area contributed by atoms with E-state index in [2.05, 4.69) is 10.6 Å². The van der Waals surface area contributed by atoms with E-state index in [-0.39, 0.29) is 24.8 Å². The number of likely N-dealkylation sites (N-methyl/N-ethyl adjacent to an activating group) is 1. The Morgan fingerprint density at radius 2 is 1.76 bits per heavy atom. The predicted octanol–water partition coefficient (Wildman–Crippen LogP) is 1.32. The van der Waals surface area contributed by atoms with Crippen LogP contribution in [0.4, 0.5) is 26.3 Å². The van der Waals surface area contributed by atoms with Crippen molar-refractivity contribution in [3.05, 3.63) is 0 Å². The zero-order valence-corrected chi connectivity index (χ0v) is 23.2. The molecular formula is C25H34F6N6O4. The van der Waals surface area contributed by atoms with Gasteiger partial charge in [0.1, 0.15) is 18.1 Å². The van der Waals surface area contributed by atoms with Crippen LogP contribution in [-0.2, 0) is 19.2 Å². The first-order chi connectivity index (χ1) is 18.6. The fourth-order valence-electron chi connectivity index (χ4n) is 6.19. The molecule has 0 aromatic rings. The number of nitrogens with zero attached hydrogens (tertiary/aromatic N) is 3. The quantitative estimate of drug-likeness (QED) is 0.344. The van der Waals surface area contributed by atoms with Crippen LogP contribution < -0.4 is 16.0 Å². The second-order valence-corrected chi connectivity index (χ2v) is 12.4. The molecule has 10 nitrogen and oxygen atoms in total. The van der Waals surface area contributed by atoms with Crippen molar-refractivity contribution in [2.45, 2.75) is 76.6 Å². The van der Waals surface area contributed by atoms with Crippen molar-refractivity contribution in [3.8, 4) is 6.07 Å². The Balaban J connectivity index is 1.81. The first kappa shape index (κ1) is 32.4. The number of nitriles is 1. The molecule has 4 amide bonds. The summed E-state index contributed by atoms with van der Waals surface area (Å²) in [7, 11) is 0.931.